The summed E-state index contributed by atoms with van der Waals surface area (Å²) >= 11 is 0. The molecule has 0 spiro atoms. The highest BCUT2D eigenvalue weighted by Gasteiger charge is 2.18. The molecule has 0 fully saturated rings. The van der Waals surface area contributed by atoms with Gasteiger partial charge in [0, 0.05) is 6.92 Å². The number of hydrogen-bond acceptors (Lipinski definition) is 12. The number of hydrogen-bond donors (Lipinski definition) is 2. The number of rotatable bonds is 11. The molecule has 13 heteroatoms. The smallest absolute Gasteiger partial charge is 0.344 e. The van der Waals surface area contributed by atoms with Crippen LogP contribution in [0.3, 0.4) is 0 Å². The van der Waals surface area contributed by atoms with Gasteiger partial charge in [0.25, 0.3) is 0 Å². The van der Waals surface area contributed by atoms with Gasteiger partial charge >= 0.3 is 17.9 Å². The molecule has 0 atom stereocenters. The largest absolute Gasteiger partial charge is 0.426 e. The number of ether oxygens (including phenoxy) is 3. The summed E-state index contributed by atoms with van der Waals surface area (Å²) in [4.78, 5) is 39.6. The molecule has 2 aromatic rings. The van der Waals surface area contributed by atoms with Crippen LogP contribution in [0.1, 0.15) is 34.1 Å². The lowest BCUT2D eigenvalue weighted by Gasteiger charge is -2.10. The van der Waals surface area contributed by atoms with Crippen LogP contribution in [0.4, 0.5) is 0 Å². The van der Waals surface area contributed by atoms with Crippen molar-refractivity contribution in [2.45, 2.75) is 18.2 Å². The molecule has 0 unspecified atom stereocenters. The third-order valence-corrected chi connectivity index (χ3v) is 5.77. The zero-order valence-corrected chi connectivity index (χ0v) is 18.2. The molecule has 2 N–H and O–H groups in total. The number of para-hydroxylation sites is 1. The van der Waals surface area contributed by atoms with E-state index in [1.807, 2.05) is 0 Å². The van der Waals surface area contributed by atoms with Crippen molar-refractivity contribution in [3.05, 3.63) is 59.7 Å². The predicted octanol–water partition coefficient (Wildman–Crippen LogP) is 1.76. The van der Waals surface area contributed by atoms with E-state index >= 15 is 0 Å². The van der Waals surface area contributed by atoms with Crippen LogP contribution < -0.4 is 4.74 Å². The van der Waals surface area contributed by atoms with Crippen LogP contribution in [0.25, 0.3) is 0 Å². The van der Waals surface area contributed by atoms with E-state index in [0.29, 0.717) is 0 Å². The molecule has 2 aromatic carbocycles. The summed E-state index contributed by atoms with van der Waals surface area (Å²) in [6, 6.07) is 10.7. The highest BCUT2D eigenvalue weighted by molar-refractivity contribution is 7.91. The Balaban J connectivity index is 1.89. The Labute approximate surface area is 188 Å². The topological polar surface area (TPSA) is 166 Å². The van der Waals surface area contributed by atoms with Gasteiger partial charge in [-0.2, -0.15) is 0 Å². The van der Waals surface area contributed by atoms with Gasteiger partial charge < -0.3 is 14.2 Å². The number of carbonyl (C=O) groups is 3. The fourth-order valence-electron chi connectivity index (χ4n) is 2.49. The third kappa shape index (κ3) is 8.25. The minimum atomic E-state index is -3.69. The standard InChI is InChI=1S/C20H21NO11S/c1-14(22)32-18-6-3-2-5-17(18)20(24)30-13-29-19(23)15-7-9-16(10-8-15)33(27,28)12-4-11-31-21(25)26/h2-3,5-10,25-26H,4,11-13H2,1H3. The van der Waals surface area contributed by atoms with Crippen molar-refractivity contribution >= 4 is 27.7 Å². The Bertz CT molecular complexity index is 1080. The molecular weight excluding hydrogens is 462 g/mol. The molecule has 0 heterocycles. The van der Waals surface area contributed by atoms with Gasteiger partial charge in [-0.15, -0.1) is 0 Å². The SMILES string of the molecule is CC(=O)Oc1ccccc1C(=O)OCOC(=O)c1ccc(S(=O)(=O)CCCON(O)O)cc1. The number of esters is 3. The van der Waals surface area contributed by atoms with Gasteiger partial charge in [-0.3, -0.25) is 20.0 Å². The van der Waals surface area contributed by atoms with Crippen molar-refractivity contribution in [2.75, 3.05) is 19.2 Å². The molecule has 0 saturated carbocycles. The van der Waals surface area contributed by atoms with Crippen LogP contribution in [0, 0.1) is 0 Å². The first-order chi connectivity index (χ1) is 15.6. The normalized spacial score (nSPS) is 11.2. The summed E-state index contributed by atoms with van der Waals surface area (Å²) in [7, 11) is -3.69. The van der Waals surface area contributed by atoms with Crippen molar-refractivity contribution in [1.82, 2.24) is 5.39 Å². The molecule has 0 amide bonds. The molecule has 2 rings (SSSR count). The van der Waals surface area contributed by atoms with Crippen LogP contribution in [0.5, 0.6) is 5.75 Å². The van der Waals surface area contributed by atoms with Crippen molar-refractivity contribution in [3.63, 3.8) is 0 Å². The molecule has 0 aliphatic rings. The minimum Gasteiger partial charge on any atom is -0.426 e. The first-order valence-corrected chi connectivity index (χ1v) is 11.0. The molecular formula is C20H21NO11S. The summed E-state index contributed by atoms with van der Waals surface area (Å²) in [5.41, 5.74) is -0.0146. The maximum Gasteiger partial charge on any atom is 0.344 e. The molecule has 0 radical (unpaired) electrons. The second-order valence-corrected chi connectivity index (χ2v) is 8.46. The Morgan fingerprint density at radius 1 is 0.939 bits per heavy atom. The molecule has 0 bridgehead atoms. The number of sulfone groups is 1. The summed E-state index contributed by atoms with van der Waals surface area (Å²) in [5.74, 6) is -2.69. The quantitative estimate of drug-likeness (QED) is 0.157. The fourth-order valence-corrected chi connectivity index (χ4v) is 3.77. The molecule has 0 aromatic heterocycles. The predicted molar refractivity (Wildman–Crippen MR) is 108 cm³/mol. The zero-order chi connectivity index (χ0) is 24.4. The van der Waals surface area contributed by atoms with Gasteiger partial charge in [0.05, 0.1) is 28.2 Å². The molecule has 0 aliphatic carbocycles. The van der Waals surface area contributed by atoms with E-state index in [9.17, 15) is 22.8 Å². The number of benzene rings is 2. The number of nitrogens with zero attached hydrogens (tertiary/aromatic N) is 1. The van der Waals surface area contributed by atoms with E-state index in [1.165, 1.54) is 49.4 Å². The average Bonchev–Trinajstić information content (AvgIpc) is 2.76. The minimum absolute atomic E-state index is 0.00427. The highest BCUT2D eigenvalue weighted by atomic mass is 32.2. The first-order valence-electron chi connectivity index (χ1n) is 9.35. The van der Waals surface area contributed by atoms with Gasteiger partial charge in [-0.05, 0) is 42.8 Å². The van der Waals surface area contributed by atoms with Gasteiger partial charge in [0.15, 0.2) is 9.84 Å². The van der Waals surface area contributed by atoms with E-state index < -0.39 is 39.9 Å². The Morgan fingerprint density at radius 3 is 2.21 bits per heavy atom. The summed E-state index contributed by atoms with van der Waals surface area (Å²) in [6.45, 7) is 0.218. The zero-order valence-electron chi connectivity index (χ0n) is 17.4. The molecule has 178 valence electrons. The maximum absolute atomic E-state index is 12.2. The Hall–Kier alpha value is -3.36. The molecule has 0 saturated heterocycles. The lowest BCUT2D eigenvalue weighted by atomic mass is 10.2. The average molecular weight is 483 g/mol. The third-order valence-electron chi connectivity index (χ3n) is 3.95. The van der Waals surface area contributed by atoms with Crippen LogP contribution in [0.15, 0.2) is 53.4 Å². The van der Waals surface area contributed by atoms with E-state index in [2.05, 4.69) is 4.84 Å². The van der Waals surface area contributed by atoms with Crippen molar-refractivity contribution < 1.29 is 52.3 Å². The van der Waals surface area contributed by atoms with Crippen molar-refractivity contribution in [2.24, 2.45) is 0 Å². The summed E-state index contributed by atoms with van der Waals surface area (Å²) in [6.07, 6.45) is -0.00427. The van der Waals surface area contributed by atoms with Gasteiger partial charge in [0.2, 0.25) is 6.79 Å². The van der Waals surface area contributed by atoms with Crippen molar-refractivity contribution in [1.29, 1.82) is 0 Å². The Morgan fingerprint density at radius 2 is 1.58 bits per heavy atom. The van der Waals surface area contributed by atoms with E-state index in [0.717, 1.165) is 0 Å². The maximum atomic E-state index is 12.2. The van der Waals surface area contributed by atoms with Crippen molar-refractivity contribution in [3.8, 4) is 5.75 Å². The highest BCUT2D eigenvalue weighted by Crippen LogP contribution is 2.19. The fraction of sp³-hybridized carbons (Fsp3) is 0.250. The van der Waals surface area contributed by atoms with Gasteiger partial charge in [-0.25, -0.2) is 18.0 Å². The van der Waals surface area contributed by atoms with E-state index in [-0.39, 0.29) is 40.6 Å². The van der Waals surface area contributed by atoms with E-state index in [1.54, 1.807) is 6.07 Å². The first kappa shape index (κ1) is 25.9. The van der Waals surface area contributed by atoms with Gasteiger partial charge in [-0.1, -0.05) is 12.1 Å². The Kier molecular flexibility index (Phi) is 9.44. The van der Waals surface area contributed by atoms with E-state index in [4.69, 9.17) is 24.6 Å². The lowest BCUT2D eigenvalue weighted by molar-refractivity contribution is -0.492. The number of carbonyl (C=O) groups excluding carboxylic acids is 3. The lowest BCUT2D eigenvalue weighted by Crippen LogP contribution is -2.17. The van der Waals surface area contributed by atoms with Crippen LogP contribution in [0.2, 0.25) is 0 Å². The second kappa shape index (κ2) is 12.0. The van der Waals surface area contributed by atoms with Crippen LogP contribution >= 0.6 is 0 Å². The monoisotopic (exact) mass is 483 g/mol. The molecule has 0 aliphatic heterocycles. The summed E-state index contributed by atoms with van der Waals surface area (Å²) < 4.78 is 39.1. The van der Waals surface area contributed by atoms with Crippen LogP contribution in [-0.4, -0.2) is 61.3 Å². The van der Waals surface area contributed by atoms with Crippen LogP contribution in [-0.2, 0) is 28.9 Å². The van der Waals surface area contributed by atoms with Gasteiger partial charge in [0.1, 0.15) is 11.3 Å². The molecule has 12 nitrogen and oxygen atoms in total. The molecule has 33 heavy (non-hydrogen) atoms. The summed E-state index contributed by atoms with van der Waals surface area (Å²) in [5, 5.41) is 16.3. The second-order valence-electron chi connectivity index (χ2n) is 6.35.